The van der Waals surface area contributed by atoms with Crippen LogP contribution in [0.4, 0.5) is 0 Å². The first-order valence-corrected chi connectivity index (χ1v) is 7.28. The van der Waals surface area contributed by atoms with Gasteiger partial charge in [0.1, 0.15) is 0 Å². The third-order valence-corrected chi connectivity index (χ3v) is 3.54. The highest BCUT2D eigenvalue weighted by atomic mass is 16.3. The smallest absolute Gasteiger partial charge is 0.0558 e. The van der Waals surface area contributed by atoms with E-state index >= 15 is 0 Å². The maximum atomic E-state index is 9.13. The Morgan fingerprint density at radius 2 is 1.89 bits per heavy atom. The fraction of sp³-hybridized carbons (Fsp3) is 0.625. The highest BCUT2D eigenvalue weighted by molar-refractivity contribution is 5.19. The van der Waals surface area contributed by atoms with Gasteiger partial charge < -0.3 is 15.3 Å². The summed E-state index contributed by atoms with van der Waals surface area (Å²) in [5.74, 6) is 0.505. The quantitative estimate of drug-likeness (QED) is 0.718. The predicted octanol–water partition coefficient (Wildman–Crippen LogP) is 2.29. The van der Waals surface area contributed by atoms with Crippen LogP contribution < -0.4 is 5.32 Å². The molecule has 0 fully saturated rings. The van der Waals surface area contributed by atoms with Crippen molar-refractivity contribution in [2.24, 2.45) is 5.92 Å². The molecule has 0 aliphatic rings. The summed E-state index contributed by atoms with van der Waals surface area (Å²) in [6.45, 7) is 7.52. The van der Waals surface area contributed by atoms with E-state index in [4.69, 9.17) is 5.11 Å². The summed E-state index contributed by atoms with van der Waals surface area (Å²) in [5.41, 5.74) is 1.33. The predicted molar refractivity (Wildman–Crippen MR) is 81.2 cm³/mol. The van der Waals surface area contributed by atoms with Crippen LogP contribution in [0.1, 0.15) is 31.9 Å². The van der Waals surface area contributed by atoms with E-state index in [1.807, 2.05) is 7.05 Å². The first-order valence-electron chi connectivity index (χ1n) is 7.28. The molecule has 0 aromatic heterocycles. The molecular formula is C16H28N2O. The zero-order valence-corrected chi connectivity index (χ0v) is 12.5. The lowest BCUT2D eigenvalue weighted by Gasteiger charge is -2.30. The first kappa shape index (κ1) is 16.2. The fourth-order valence-corrected chi connectivity index (χ4v) is 2.70. The van der Waals surface area contributed by atoms with Gasteiger partial charge in [0.05, 0.1) is 6.61 Å². The summed E-state index contributed by atoms with van der Waals surface area (Å²) < 4.78 is 0. The molecule has 0 spiro atoms. The fourth-order valence-electron chi connectivity index (χ4n) is 2.70. The molecule has 2 atom stereocenters. The summed E-state index contributed by atoms with van der Waals surface area (Å²) >= 11 is 0. The van der Waals surface area contributed by atoms with E-state index in [0.29, 0.717) is 12.0 Å². The Kier molecular flexibility index (Phi) is 7.72. The van der Waals surface area contributed by atoms with Crippen molar-refractivity contribution in [3.8, 4) is 0 Å². The monoisotopic (exact) mass is 264 g/mol. The van der Waals surface area contributed by atoms with E-state index < -0.39 is 0 Å². The van der Waals surface area contributed by atoms with Crippen LogP contribution in [-0.4, -0.2) is 43.3 Å². The van der Waals surface area contributed by atoms with Crippen molar-refractivity contribution >= 4 is 0 Å². The summed E-state index contributed by atoms with van der Waals surface area (Å²) in [5, 5.41) is 12.6. The lowest BCUT2D eigenvalue weighted by Crippen LogP contribution is -2.36. The molecule has 1 aromatic rings. The molecule has 0 saturated heterocycles. The Balaban J connectivity index is 2.65. The van der Waals surface area contributed by atoms with Gasteiger partial charge in [-0.3, -0.25) is 0 Å². The Hall–Kier alpha value is -0.900. The Morgan fingerprint density at radius 3 is 2.42 bits per heavy atom. The van der Waals surface area contributed by atoms with Crippen molar-refractivity contribution in [2.45, 2.75) is 26.3 Å². The molecule has 3 heteroatoms. The molecule has 0 saturated carbocycles. The van der Waals surface area contributed by atoms with Gasteiger partial charge in [0.15, 0.2) is 0 Å². The largest absolute Gasteiger partial charge is 0.395 e. The number of nitrogens with one attached hydrogen (secondary N) is 1. The number of rotatable bonds is 9. The van der Waals surface area contributed by atoms with Crippen molar-refractivity contribution in [1.29, 1.82) is 0 Å². The normalized spacial score (nSPS) is 14.6. The van der Waals surface area contributed by atoms with Gasteiger partial charge >= 0.3 is 0 Å². The second-order valence-corrected chi connectivity index (χ2v) is 5.18. The van der Waals surface area contributed by atoms with Crippen LogP contribution in [0.3, 0.4) is 0 Å². The summed E-state index contributed by atoms with van der Waals surface area (Å²) in [7, 11) is 2.02. The van der Waals surface area contributed by atoms with E-state index in [1.165, 1.54) is 5.56 Å². The van der Waals surface area contributed by atoms with E-state index in [2.05, 4.69) is 54.4 Å². The third-order valence-electron chi connectivity index (χ3n) is 3.54. The van der Waals surface area contributed by atoms with Gasteiger partial charge in [-0.15, -0.1) is 0 Å². The minimum absolute atomic E-state index is 0.238. The molecular weight excluding hydrogens is 236 g/mol. The van der Waals surface area contributed by atoms with Gasteiger partial charge in [0.25, 0.3) is 0 Å². The van der Waals surface area contributed by atoms with Crippen LogP contribution in [0.15, 0.2) is 30.3 Å². The molecule has 0 bridgehead atoms. The van der Waals surface area contributed by atoms with Gasteiger partial charge in [-0.25, -0.2) is 0 Å². The van der Waals surface area contributed by atoms with Crippen LogP contribution in [0.2, 0.25) is 0 Å². The zero-order chi connectivity index (χ0) is 14.1. The topological polar surface area (TPSA) is 35.5 Å². The highest BCUT2D eigenvalue weighted by Crippen LogP contribution is 2.22. The molecule has 2 unspecified atom stereocenters. The Bertz CT molecular complexity index is 323. The number of aliphatic hydroxyl groups excluding tert-OH is 1. The molecule has 1 rings (SSSR count). The van der Waals surface area contributed by atoms with Crippen molar-refractivity contribution in [3.63, 3.8) is 0 Å². The van der Waals surface area contributed by atoms with Crippen LogP contribution in [-0.2, 0) is 0 Å². The van der Waals surface area contributed by atoms with Crippen LogP contribution >= 0.6 is 0 Å². The minimum Gasteiger partial charge on any atom is -0.395 e. The summed E-state index contributed by atoms with van der Waals surface area (Å²) in [4.78, 5) is 2.35. The van der Waals surface area contributed by atoms with Gasteiger partial charge in [0, 0.05) is 19.1 Å². The van der Waals surface area contributed by atoms with Gasteiger partial charge in [-0.05, 0) is 31.5 Å². The van der Waals surface area contributed by atoms with E-state index in [0.717, 1.165) is 26.1 Å². The summed E-state index contributed by atoms with van der Waals surface area (Å²) in [6, 6.07) is 10.9. The maximum Gasteiger partial charge on any atom is 0.0558 e. The van der Waals surface area contributed by atoms with Crippen molar-refractivity contribution < 1.29 is 5.11 Å². The molecule has 19 heavy (non-hydrogen) atoms. The average molecular weight is 264 g/mol. The van der Waals surface area contributed by atoms with Gasteiger partial charge in [-0.1, -0.05) is 44.2 Å². The molecule has 0 amide bonds. The second kappa shape index (κ2) is 9.08. The molecule has 0 radical (unpaired) electrons. The molecule has 2 N–H and O–H groups in total. The maximum absolute atomic E-state index is 9.13. The number of benzene rings is 1. The lowest BCUT2D eigenvalue weighted by atomic mass is 9.94. The molecule has 0 aliphatic carbocycles. The van der Waals surface area contributed by atoms with E-state index in [1.54, 1.807) is 0 Å². The highest BCUT2D eigenvalue weighted by Gasteiger charge is 2.19. The minimum atomic E-state index is 0.238. The molecule has 1 aromatic carbocycles. The van der Waals surface area contributed by atoms with Gasteiger partial charge in [0.2, 0.25) is 0 Å². The second-order valence-electron chi connectivity index (χ2n) is 5.18. The van der Waals surface area contributed by atoms with Crippen molar-refractivity contribution in [2.75, 3.05) is 33.3 Å². The number of nitrogens with zero attached hydrogens (tertiary/aromatic N) is 1. The van der Waals surface area contributed by atoms with Crippen molar-refractivity contribution in [1.82, 2.24) is 10.2 Å². The summed E-state index contributed by atoms with van der Waals surface area (Å²) in [6.07, 6.45) is 1.13. The third kappa shape index (κ3) is 5.31. The van der Waals surface area contributed by atoms with E-state index in [9.17, 15) is 0 Å². The van der Waals surface area contributed by atoms with Crippen LogP contribution in [0.25, 0.3) is 0 Å². The molecule has 3 nitrogen and oxygen atoms in total. The first-order chi connectivity index (χ1) is 9.22. The zero-order valence-electron chi connectivity index (χ0n) is 12.5. The van der Waals surface area contributed by atoms with E-state index in [-0.39, 0.29) is 6.61 Å². The number of hydrogen-bond donors (Lipinski definition) is 2. The Morgan fingerprint density at radius 1 is 1.21 bits per heavy atom. The van der Waals surface area contributed by atoms with Gasteiger partial charge in [-0.2, -0.15) is 0 Å². The molecule has 0 heterocycles. The number of aliphatic hydroxyl groups is 1. The van der Waals surface area contributed by atoms with Crippen molar-refractivity contribution in [3.05, 3.63) is 35.9 Å². The lowest BCUT2D eigenvalue weighted by molar-refractivity contribution is 0.167. The Labute approximate surface area is 117 Å². The SMILES string of the molecule is CCCN(CCO)CC(C)C(NC)c1ccccc1. The van der Waals surface area contributed by atoms with Crippen LogP contribution in [0, 0.1) is 5.92 Å². The van der Waals surface area contributed by atoms with Crippen LogP contribution in [0.5, 0.6) is 0 Å². The molecule has 0 aliphatic heterocycles. The molecule has 108 valence electrons. The average Bonchev–Trinajstić information content (AvgIpc) is 2.41. The number of hydrogen-bond acceptors (Lipinski definition) is 3. The standard InChI is InChI=1S/C16H28N2O/c1-4-10-18(11-12-19)13-14(2)16(17-3)15-8-6-5-7-9-15/h5-9,14,16-17,19H,4,10-13H2,1-3H3.